The summed E-state index contributed by atoms with van der Waals surface area (Å²) in [6.45, 7) is 9.60. The summed E-state index contributed by atoms with van der Waals surface area (Å²) in [6.07, 6.45) is 0. The Labute approximate surface area is 364 Å². The van der Waals surface area contributed by atoms with Crippen LogP contribution in [0.1, 0.15) is 72.2 Å². The summed E-state index contributed by atoms with van der Waals surface area (Å²) in [5.74, 6) is 0. The maximum Gasteiger partial charge on any atom is 0.0725 e. The molecule has 0 saturated heterocycles. The summed E-state index contributed by atoms with van der Waals surface area (Å²) in [6, 6.07) is 75.8. The van der Waals surface area contributed by atoms with Crippen LogP contribution in [0.5, 0.6) is 0 Å². The lowest BCUT2D eigenvalue weighted by atomic mass is 9.69. The number of anilines is 3. The van der Waals surface area contributed by atoms with Gasteiger partial charge in [0.25, 0.3) is 0 Å². The standard InChI is InChI=1S/C61H45N/c1-59(2)48-27-15-11-23-42(48)45-33-31-41(36-53(45)59)62(39-21-9-6-10-22-39)40-32-34-52-47(35-40)58-55(61(52)50-29-17-12-24-43(50)44-25-13-18-30-51(44)61)37-54-57(56(58)38-19-7-5-8-20-38)46-26-14-16-28-49(46)60(54,3)4/h5-37H,1-4H3. The first-order chi connectivity index (χ1) is 30.3. The largest absolute Gasteiger partial charge is 0.310 e. The Kier molecular flexibility index (Phi) is 7.12. The minimum Gasteiger partial charge on any atom is -0.310 e. The van der Waals surface area contributed by atoms with E-state index in [-0.39, 0.29) is 10.8 Å². The van der Waals surface area contributed by atoms with Crippen LogP contribution < -0.4 is 4.90 Å². The van der Waals surface area contributed by atoms with Crippen molar-refractivity contribution in [2.24, 2.45) is 0 Å². The Balaban J connectivity index is 1.15. The Morgan fingerprint density at radius 2 is 0.726 bits per heavy atom. The van der Waals surface area contributed by atoms with Gasteiger partial charge in [0.05, 0.1) is 5.41 Å². The Bertz CT molecular complexity index is 3300. The van der Waals surface area contributed by atoms with Gasteiger partial charge in [-0.1, -0.05) is 191 Å². The molecule has 0 amide bonds. The topological polar surface area (TPSA) is 3.24 Å². The number of para-hydroxylation sites is 1. The molecule has 13 rings (SSSR count). The van der Waals surface area contributed by atoms with Crippen LogP contribution in [0, 0.1) is 0 Å². The maximum atomic E-state index is 2.63. The highest BCUT2D eigenvalue weighted by Crippen LogP contribution is 2.67. The van der Waals surface area contributed by atoms with Crippen molar-refractivity contribution in [3.8, 4) is 55.6 Å². The molecule has 0 fully saturated rings. The van der Waals surface area contributed by atoms with Crippen LogP contribution in [-0.4, -0.2) is 0 Å². The highest BCUT2D eigenvalue weighted by molar-refractivity contribution is 6.07. The van der Waals surface area contributed by atoms with E-state index in [1.54, 1.807) is 0 Å². The summed E-state index contributed by atoms with van der Waals surface area (Å²) in [7, 11) is 0. The summed E-state index contributed by atoms with van der Waals surface area (Å²) in [5, 5.41) is 0. The van der Waals surface area contributed by atoms with Crippen LogP contribution in [0.4, 0.5) is 17.1 Å². The van der Waals surface area contributed by atoms with Gasteiger partial charge in [-0.05, 0) is 137 Å². The third-order valence-corrected chi connectivity index (χ3v) is 15.1. The predicted octanol–water partition coefficient (Wildman–Crippen LogP) is 15.8. The van der Waals surface area contributed by atoms with Crippen LogP contribution in [0.3, 0.4) is 0 Å². The fourth-order valence-corrected chi connectivity index (χ4v) is 12.3. The quantitative estimate of drug-likeness (QED) is 0.172. The normalized spacial score (nSPS) is 15.5. The van der Waals surface area contributed by atoms with Crippen molar-refractivity contribution in [3.05, 3.63) is 245 Å². The number of rotatable bonds is 4. The van der Waals surface area contributed by atoms with E-state index in [4.69, 9.17) is 0 Å². The average Bonchev–Trinajstić information content (AvgIpc) is 3.94. The lowest BCUT2D eigenvalue weighted by Gasteiger charge is -2.32. The lowest BCUT2D eigenvalue weighted by Crippen LogP contribution is -2.27. The minimum absolute atomic E-state index is 0.119. The van der Waals surface area contributed by atoms with E-state index in [0.29, 0.717) is 0 Å². The molecule has 294 valence electrons. The number of benzene rings is 9. The van der Waals surface area contributed by atoms with Gasteiger partial charge in [-0.2, -0.15) is 0 Å². The number of hydrogen-bond acceptors (Lipinski definition) is 1. The van der Waals surface area contributed by atoms with Crippen molar-refractivity contribution >= 4 is 17.1 Å². The van der Waals surface area contributed by atoms with Crippen molar-refractivity contribution in [2.45, 2.75) is 43.9 Å². The van der Waals surface area contributed by atoms with Gasteiger partial charge in [0.2, 0.25) is 0 Å². The molecule has 0 N–H and O–H groups in total. The molecule has 0 aliphatic heterocycles. The van der Waals surface area contributed by atoms with Crippen LogP contribution in [-0.2, 0) is 16.2 Å². The molecule has 0 bridgehead atoms. The number of nitrogens with zero attached hydrogens (tertiary/aromatic N) is 1. The van der Waals surface area contributed by atoms with E-state index in [1.807, 2.05) is 0 Å². The summed E-state index contributed by atoms with van der Waals surface area (Å²) < 4.78 is 0. The summed E-state index contributed by atoms with van der Waals surface area (Å²) >= 11 is 0. The second-order valence-corrected chi connectivity index (χ2v) is 18.8. The zero-order valence-electron chi connectivity index (χ0n) is 35.5. The first-order valence-electron chi connectivity index (χ1n) is 22.1. The Hall–Kier alpha value is -7.22. The summed E-state index contributed by atoms with van der Waals surface area (Å²) in [4.78, 5) is 2.48. The molecule has 0 saturated carbocycles. The molecule has 0 atom stereocenters. The second kappa shape index (κ2) is 12.4. The molecule has 1 spiro atoms. The molecule has 0 radical (unpaired) electrons. The molecule has 4 aliphatic rings. The highest BCUT2D eigenvalue weighted by atomic mass is 15.1. The van der Waals surface area contributed by atoms with E-state index in [9.17, 15) is 0 Å². The highest BCUT2D eigenvalue weighted by Gasteiger charge is 2.54. The molecule has 4 aliphatic carbocycles. The first kappa shape index (κ1) is 35.5. The van der Waals surface area contributed by atoms with Gasteiger partial charge in [0, 0.05) is 27.9 Å². The van der Waals surface area contributed by atoms with Crippen LogP contribution in [0.2, 0.25) is 0 Å². The van der Waals surface area contributed by atoms with Crippen LogP contribution >= 0.6 is 0 Å². The molecule has 1 nitrogen and oxygen atoms in total. The van der Waals surface area contributed by atoms with Gasteiger partial charge in [-0.25, -0.2) is 0 Å². The molecule has 62 heavy (non-hydrogen) atoms. The van der Waals surface area contributed by atoms with E-state index < -0.39 is 5.41 Å². The Morgan fingerprint density at radius 1 is 0.274 bits per heavy atom. The molecule has 0 heterocycles. The monoisotopic (exact) mass is 791 g/mol. The van der Waals surface area contributed by atoms with Gasteiger partial charge < -0.3 is 4.90 Å². The first-order valence-corrected chi connectivity index (χ1v) is 22.1. The molecule has 0 aromatic heterocycles. The van der Waals surface area contributed by atoms with Gasteiger partial charge in [-0.15, -0.1) is 0 Å². The SMILES string of the molecule is CC1(C)c2ccccc2-c2ccc(N(c3ccccc3)c3ccc4c(c3)-c3c(cc5c(c3-c3ccccc3)-c3ccccc3C5(C)C)C43c4ccccc4-c4ccccc43)cc21. The third-order valence-electron chi connectivity index (χ3n) is 15.1. The second-order valence-electron chi connectivity index (χ2n) is 18.8. The van der Waals surface area contributed by atoms with Crippen LogP contribution in [0.15, 0.2) is 200 Å². The maximum absolute atomic E-state index is 2.63. The fourth-order valence-electron chi connectivity index (χ4n) is 12.3. The van der Waals surface area contributed by atoms with E-state index >= 15 is 0 Å². The van der Waals surface area contributed by atoms with Crippen molar-refractivity contribution in [3.63, 3.8) is 0 Å². The van der Waals surface area contributed by atoms with Crippen LogP contribution in [0.25, 0.3) is 55.6 Å². The van der Waals surface area contributed by atoms with Crippen molar-refractivity contribution < 1.29 is 0 Å². The third kappa shape index (κ3) is 4.43. The van der Waals surface area contributed by atoms with Crippen molar-refractivity contribution in [1.29, 1.82) is 0 Å². The molecule has 0 unspecified atom stereocenters. The number of fused-ring (bicyclic) bond motifs is 16. The molecular formula is C61H45N. The number of hydrogen-bond donors (Lipinski definition) is 0. The average molecular weight is 792 g/mol. The Morgan fingerprint density at radius 3 is 1.39 bits per heavy atom. The zero-order valence-corrected chi connectivity index (χ0v) is 35.5. The van der Waals surface area contributed by atoms with E-state index in [2.05, 4.69) is 233 Å². The molecule has 9 aromatic rings. The van der Waals surface area contributed by atoms with Crippen molar-refractivity contribution in [2.75, 3.05) is 4.90 Å². The van der Waals surface area contributed by atoms with Gasteiger partial charge in [0.1, 0.15) is 0 Å². The molecule has 9 aromatic carbocycles. The van der Waals surface area contributed by atoms with Crippen molar-refractivity contribution in [1.82, 2.24) is 0 Å². The molecule has 1 heteroatoms. The predicted molar refractivity (Wildman–Crippen MR) is 258 cm³/mol. The zero-order chi connectivity index (χ0) is 41.5. The van der Waals surface area contributed by atoms with E-state index in [0.717, 1.165) is 17.1 Å². The lowest BCUT2D eigenvalue weighted by molar-refractivity contribution is 0.657. The fraction of sp³-hybridized carbons (Fsp3) is 0.115. The summed E-state index contributed by atoms with van der Waals surface area (Å²) in [5.41, 5.74) is 26.9. The minimum atomic E-state index is -0.499. The van der Waals surface area contributed by atoms with Gasteiger partial charge in [0.15, 0.2) is 0 Å². The van der Waals surface area contributed by atoms with E-state index in [1.165, 1.54) is 100 Å². The van der Waals surface area contributed by atoms with Gasteiger partial charge >= 0.3 is 0 Å². The molecular weight excluding hydrogens is 747 g/mol. The van der Waals surface area contributed by atoms with Gasteiger partial charge in [-0.3, -0.25) is 0 Å². The smallest absolute Gasteiger partial charge is 0.0725 e.